The Morgan fingerprint density at radius 1 is 1.25 bits per heavy atom. The molecule has 0 aromatic heterocycles. The molecule has 0 amide bonds. The third kappa shape index (κ3) is 6.81. The van der Waals surface area contributed by atoms with Gasteiger partial charge in [0.1, 0.15) is 0 Å². The van der Waals surface area contributed by atoms with E-state index < -0.39 is 22.1 Å². The summed E-state index contributed by atoms with van der Waals surface area (Å²) in [7, 11) is 0. The van der Waals surface area contributed by atoms with Gasteiger partial charge in [-0.05, 0) is 0 Å². The fourth-order valence-corrected chi connectivity index (χ4v) is 6.34. The Bertz CT molecular complexity index is 125. The van der Waals surface area contributed by atoms with Crippen molar-refractivity contribution in [2.75, 3.05) is 0 Å². The van der Waals surface area contributed by atoms with E-state index in [0.717, 1.165) is 0 Å². The Morgan fingerprint density at radius 2 is 1.75 bits per heavy atom. The van der Waals surface area contributed by atoms with Gasteiger partial charge in [-0.25, -0.2) is 0 Å². The molecule has 0 N–H and O–H groups in total. The molecule has 0 aliphatic carbocycles. The van der Waals surface area contributed by atoms with Crippen LogP contribution in [0.2, 0.25) is 3.43 Å². The summed E-state index contributed by atoms with van der Waals surface area (Å²) in [4.78, 5) is 10.5. The molecule has 2 nitrogen and oxygen atoms in total. The van der Waals surface area contributed by atoms with Crippen molar-refractivity contribution < 1.29 is 31.9 Å². The van der Waals surface area contributed by atoms with Crippen LogP contribution >= 0.6 is 11.9 Å². The van der Waals surface area contributed by atoms with Gasteiger partial charge >= 0.3 is 93.6 Å². The molecule has 0 aliphatic heterocycles. The molecule has 4 heteroatoms. The van der Waals surface area contributed by atoms with Gasteiger partial charge in [0.05, 0.1) is 0 Å². The molecule has 0 fully saturated rings. The predicted octanol–water partition coefficient (Wildman–Crippen LogP) is 3.32. The summed E-state index contributed by atoms with van der Waals surface area (Å²) in [5.74, 6) is 0. The van der Waals surface area contributed by atoms with Crippen LogP contribution in [0.25, 0.3) is 0 Å². The maximum absolute atomic E-state index is 5.28. The van der Waals surface area contributed by atoms with Crippen LogP contribution in [0.4, 0.5) is 0 Å². The Balaban J connectivity index is 3.64. The molecule has 0 aromatic carbocycles. The SMILES string of the molecule is CC(OOC(C)(C)C)[CH](C)[Hg][Br]. The van der Waals surface area contributed by atoms with Gasteiger partial charge in [-0.1, -0.05) is 0 Å². The van der Waals surface area contributed by atoms with Gasteiger partial charge in [0.25, 0.3) is 0 Å². The third-order valence-electron chi connectivity index (χ3n) is 1.49. The Morgan fingerprint density at radius 3 is 2.08 bits per heavy atom. The molecule has 0 rings (SSSR count). The van der Waals surface area contributed by atoms with Crippen LogP contribution in [0.15, 0.2) is 0 Å². The van der Waals surface area contributed by atoms with Crippen molar-refractivity contribution in [3.05, 3.63) is 0 Å². The van der Waals surface area contributed by atoms with Crippen molar-refractivity contribution in [3.8, 4) is 0 Å². The first-order valence-corrected chi connectivity index (χ1v) is 19.4. The van der Waals surface area contributed by atoms with Gasteiger partial charge in [0.2, 0.25) is 0 Å². The molecule has 12 heavy (non-hydrogen) atoms. The van der Waals surface area contributed by atoms with E-state index >= 15 is 0 Å². The van der Waals surface area contributed by atoms with Gasteiger partial charge in [-0.15, -0.1) is 0 Å². The third-order valence-corrected chi connectivity index (χ3v) is 14.9. The monoisotopic (exact) mass is 426 g/mol. The van der Waals surface area contributed by atoms with Crippen LogP contribution in [-0.4, -0.2) is 11.7 Å². The Kier molecular flexibility index (Phi) is 6.60. The second kappa shape index (κ2) is 5.94. The minimum atomic E-state index is -0.824. The van der Waals surface area contributed by atoms with E-state index in [9.17, 15) is 0 Å². The quantitative estimate of drug-likeness (QED) is 0.391. The second-order valence-electron chi connectivity index (χ2n) is 4.13. The van der Waals surface area contributed by atoms with Crippen molar-refractivity contribution in [2.45, 2.75) is 49.8 Å². The number of hydrogen-bond acceptors (Lipinski definition) is 2. The predicted molar refractivity (Wildman–Crippen MR) is 49.7 cm³/mol. The van der Waals surface area contributed by atoms with Crippen molar-refractivity contribution in [2.24, 2.45) is 0 Å². The van der Waals surface area contributed by atoms with Crippen molar-refractivity contribution in [3.63, 3.8) is 0 Å². The first-order chi connectivity index (χ1) is 5.37. The van der Waals surface area contributed by atoms with Crippen LogP contribution in [0.5, 0.6) is 0 Å². The van der Waals surface area contributed by atoms with Crippen LogP contribution in [0.1, 0.15) is 34.6 Å². The van der Waals surface area contributed by atoms with Crippen molar-refractivity contribution in [1.29, 1.82) is 0 Å². The molecule has 0 radical (unpaired) electrons. The molecule has 2 unspecified atom stereocenters. The molecule has 0 saturated heterocycles. The number of hydrogen-bond donors (Lipinski definition) is 0. The molecule has 0 saturated carbocycles. The molecule has 0 aromatic rings. The molecule has 2 atom stereocenters. The average Bonchev–Trinajstić information content (AvgIpc) is 1.97. The zero-order valence-electron chi connectivity index (χ0n) is 8.56. The summed E-state index contributed by atoms with van der Waals surface area (Å²) in [6.45, 7) is 10.2. The van der Waals surface area contributed by atoms with Crippen molar-refractivity contribution >= 4 is 11.9 Å². The van der Waals surface area contributed by atoms with E-state index in [1.54, 1.807) is 0 Å². The zero-order valence-corrected chi connectivity index (χ0v) is 15.6. The standard InChI is InChI=1S/C8H17O2.BrH.Hg/c1-6-7(2)9-10-8(3,4)5;;/h6-7H,1-5H3;1H;/q;;+1/p-1. The minimum absolute atomic E-state index is 0.197. The van der Waals surface area contributed by atoms with Crippen LogP contribution in [-0.2, 0) is 31.9 Å². The molecular formula is C8H17BrHgO2. The number of halogens is 1. The molecule has 70 valence electrons. The fraction of sp³-hybridized carbons (Fsp3) is 1.00. The van der Waals surface area contributed by atoms with E-state index in [4.69, 9.17) is 9.78 Å². The van der Waals surface area contributed by atoms with Crippen molar-refractivity contribution in [1.82, 2.24) is 0 Å². The Labute approximate surface area is 93.0 Å². The summed E-state index contributed by atoms with van der Waals surface area (Å²) >= 11 is 2.80. The van der Waals surface area contributed by atoms with Gasteiger partial charge in [0.15, 0.2) is 0 Å². The van der Waals surface area contributed by atoms with E-state index in [1.807, 2.05) is 20.8 Å². The first-order valence-electron chi connectivity index (χ1n) is 4.27. The maximum atomic E-state index is 5.28. The van der Waals surface area contributed by atoms with Crippen LogP contribution in [0.3, 0.4) is 0 Å². The summed E-state index contributed by atoms with van der Waals surface area (Å²) in [5, 5.41) is 0. The Hall–Kier alpha value is 1.34. The van der Waals surface area contributed by atoms with Gasteiger partial charge in [-0.2, -0.15) is 0 Å². The summed E-state index contributed by atoms with van der Waals surface area (Å²) in [5.41, 5.74) is -0.197. The summed E-state index contributed by atoms with van der Waals surface area (Å²) in [6, 6.07) is 0. The van der Waals surface area contributed by atoms with E-state index in [-0.39, 0.29) is 11.7 Å². The van der Waals surface area contributed by atoms with Gasteiger partial charge < -0.3 is 0 Å². The average molecular weight is 426 g/mol. The van der Waals surface area contributed by atoms with Gasteiger partial charge in [-0.3, -0.25) is 0 Å². The van der Waals surface area contributed by atoms with E-state index in [2.05, 4.69) is 25.8 Å². The number of rotatable bonds is 4. The van der Waals surface area contributed by atoms with Gasteiger partial charge in [0, 0.05) is 0 Å². The molecule has 0 aliphatic rings. The molecule has 0 heterocycles. The van der Waals surface area contributed by atoms with Crippen LogP contribution < -0.4 is 0 Å². The summed E-state index contributed by atoms with van der Waals surface area (Å²) < 4.78 is 0.687. The van der Waals surface area contributed by atoms with Crippen LogP contribution in [0, 0.1) is 0 Å². The zero-order chi connectivity index (χ0) is 9.78. The molecule has 0 spiro atoms. The first kappa shape index (κ1) is 13.3. The molecule has 0 bridgehead atoms. The summed E-state index contributed by atoms with van der Waals surface area (Å²) in [6.07, 6.45) is 0.227. The topological polar surface area (TPSA) is 18.5 Å². The normalized spacial score (nSPS) is 16.8. The second-order valence-corrected chi connectivity index (χ2v) is 16.0. The fourth-order valence-electron chi connectivity index (χ4n) is 0.441. The van der Waals surface area contributed by atoms with E-state index in [1.165, 1.54) is 0 Å². The van der Waals surface area contributed by atoms with E-state index in [0.29, 0.717) is 3.43 Å². The molecular weight excluding hydrogens is 409 g/mol.